The van der Waals surface area contributed by atoms with Crippen molar-refractivity contribution in [3.8, 4) is 11.5 Å². The molecule has 0 radical (unpaired) electrons. The van der Waals surface area contributed by atoms with Gasteiger partial charge in [0.25, 0.3) is 12.2 Å². The van der Waals surface area contributed by atoms with Crippen molar-refractivity contribution in [3.63, 3.8) is 0 Å². The minimum atomic E-state index is -4.07. The van der Waals surface area contributed by atoms with Crippen LogP contribution in [0.15, 0.2) is 30.3 Å². The van der Waals surface area contributed by atoms with Gasteiger partial charge < -0.3 is 14.9 Å². The number of halogens is 6. The van der Waals surface area contributed by atoms with Crippen LogP contribution in [0.25, 0.3) is 0 Å². The van der Waals surface area contributed by atoms with Crippen molar-refractivity contribution in [2.24, 2.45) is 0 Å². The zero-order valence-electron chi connectivity index (χ0n) is 13.4. The Bertz CT molecular complexity index is 917. The van der Waals surface area contributed by atoms with Crippen molar-refractivity contribution in [2.45, 2.75) is 36.4 Å². The van der Waals surface area contributed by atoms with E-state index in [1.165, 1.54) is 0 Å². The summed E-state index contributed by atoms with van der Waals surface area (Å²) >= 11 is 0. The molecule has 4 rings (SSSR count). The van der Waals surface area contributed by atoms with Gasteiger partial charge in [0.2, 0.25) is 0 Å². The molecule has 2 aromatic carbocycles. The van der Waals surface area contributed by atoms with E-state index in [0.717, 1.165) is 12.1 Å². The molecule has 9 heteroatoms. The zero-order chi connectivity index (χ0) is 19.8. The van der Waals surface area contributed by atoms with E-state index in [1.54, 1.807) is 0 Å². The van der Waals surface area contributed by atoms with E-state index in [-0.39, 0.29) is 18.4 Å². The molecule has 1 fully saturated rings. The van der Waals surface area contributed by atoms with Gasteiger partial charge in [-0.3, -0.25) is 0 Å². The highest BCUT2D eigenvalue weighted by molar-refractivity contribution is 5.59. The van der Waals surface area contributed by atoms with E-state index in [9.17, 15) is 36.6 Å². The molecule has 1 spiro atoms. The molecule has 0 atom stereocenters. The van der Waals surface area contributed by atoms with Gasteiger partial charge in [-0.1, -0.05) is 6.07 Å². The molecule has 27 heavy (non-hydrogen) atoms. The quantitative estimate of drug-likeness (QED) is 0.599. The molecule has 2 aromatic rings. The number of fused-ring (bicyclic) bond motifs is 2. The van der Waals surface area contributed by atoms with Crippen LogP contribution in [0.1, 0.15) is 36.0 Å². The maximum atomic E-state index is 14.6. The molecule has 0 aromatic heterocycles. The van der Waals surface area contributed by atoms with Gasteiger partial charge in [0.15, 0.2) is 0 Å². The Hall–Kier alpha value is -2.26. The first-order valence-electron chi connectivity index (χ1n) is 7.94. The Kier molecular flexibility index (Phi) is 3.61. The Balaban J connectivity index is 1.90. The number of hydrogen-bond donors (Lipinski definition) is 2. The van der Waals surface area contributed by atoms with Crippen LogP contribution < -0.4 is 4.74 Å². The molecule has 0 bridgehead atoms. The van der Waals surface area contributed by atoms with Crippen LogP contribution in [0.5, 0.6) is 11.5 Å². The fourth-order valence-corrected chi connectivity index (χ4v) is 3.76. The summed E-state index contributed by atoms with van der Waals surface area (Å²) in [6.45, 7) is 0. The summed E-state index contributed by atoms with van der Waals surface area (Å²) < 4.78 is 88.3. The molecule has 0 heterocycles. The minimum Gasteiger partial charge on any atom is -0.457 e. The Labute approximate surface area is 148 Å². The number of ether oxygens (including phenoxy) is 1. The van der Waals surface area contributed by atoms with Gasteiger partial charge in [-0.25, -0.2) is 17.6 Å². The first kappa shape index (κ1) is 18.1. The van der Waals surface area contributed by atoms with E-state index in [1.807, 2.05) is 0 Å². The van der Waals surface area contributed by atoms with Crippen LogP contribution in [-0.2, 0) is 11.2 Å². The molecule has 144 valence electrons. The predicted molar refractivity (Wildman–Crippen MR) is 79.8 cm³/mol. The lowest BCUT2D eigenvalue weighted by Crippen LogP contribution is -2.47. The first-order valence-corrected chi connectivity index (χ1v) is 7.94. The summed E-state index contributed by atoms with van der Waals surface area (Å²) in [5.41, 5.74) is -4.37. The van der Waals surface area contributed by atoms with Crippen LogP contribution in [0.2, 0.25) is 0 Å². The van der Waals surface area contributed by atoms with E-state index in [4.69, 9.17) is 4.74 Å². The fourth-order valence-electron chi connectivity index (χ4n) is 3.76. The monoisotopic (exact) mass is 390 g/mol. The second kappa shape index (κ2) is 5.39. The molecule has 2 aliphatic rings. The standard InChI is InChI=1S/C18H12F6O3/c19-8-5-9(20)7-10(6-8)27-12-2-1-11-14(13(12)15(21)22)17(25,26)18(23,24)16(11)3-4-16/h1-2,5-7,15,25-26H,3-4H2. The largest absolute Gasteiger partial charge is 0.457 e. The highest BCUT2D eigenvalue weighted by Gasteiger charge is 2.78. The van der Waals surface area contributed by atoms with Gasteiger partial charge in [0.05, 0.1) is 11.0 Å². The first-order chi connectivity index (χ1) is 12.5. The van der Waals surface area contributed by atoms with Gasteiger partial charge in [0, 0.05) is 23.8 Å². The number of aliphatic hydroxyl groups is 2. The van der Waals surface area contributed by atoms with E-state index in [2.05, 4.69) is 0 Å². The van der Waals surface area contributed by atoms with E-state index in [0.29, 0.717) is 18.2 Å². The summed E-state index contributed by atoms with van der Waals surface area (Å²) in [6.07, 6.45) is -3.58. The molecular formula is C18H12F6O3. The molecule has 2 N–H and O–H groups in total. The molecule has 0 saturated heterocycles. The third-order valence-corrected chi connectivity index (χ3v) is 5.14. The van der Waals surface area contributed by atoms with Gasteiger partial charge in [-0.2, -0.15) is 8.78 Å². The van der Waals surface area contributed by atoms with Gasteiger partial charge in [-0.15, -0.1) is 0 Å². The maximum absolute atomic E-state index is 14.6. The molecule has 0 aliphatic heterocycles. The van der Waals surface area contributed by atoms with Crippen LogP contribution in [0.4, 0.5) is 26.3 Å². The SMILES string of the molecule is OC1(O)c2c(ccc(Oc3cc(F)cc(F)c3)c2C(F)F)C2(CC2)C1(F)F. The normalized spacial score (nSPS) is 20.8. The minimum absolute atomic E-state index is 0.0894. The third kappa shape index (κ3) is 2.31. The van der Waals surface area contributed by atoms with Crippen LogP contribution >= 0.6 is 0 Å². The molecule has 1 saturated carbocycles. The van der Waals surface area contributed by atoms with Crippen molar-refractivity contribution in [1.29, 1.82) is 0 Å². The number of benzene rings is 2. The topological polar surface area (TPSA) is 49.7 Å². The van der Waals surface area contributed by atoms with Crippen molar-refractivity contribution in [1.82, 2.24) is 0 Å². The number of alkyl halides is 4. The van der Waals surface area contributed by atoms with Crippen molar-refractivity contribution >= 4 is 0 Å². The van der Waals surface area contributed by atoms with Crippen molar-refractivity contribution in [2.75, 3.05) is 0 Å². The number of hydrogen-bond acceptors (Lipinski definition) is 3. The highest BCUT2D eigenvalue weighted by Crippen LogP contribution is 2.70. The lowest BCUT2D eigenvalue weighted by atomic mass is 9.94. The molecule has 2 aliphatic carbocycles. The second-order valence-electron chi connectivity index (χ2n) is 6.74. The third-order valence-electron chi connectivity index (χ3n) is 5.14. The van der Waals surface area contributed by atoms with E-state index < -0.39 is 57.8 Å². The average Bonchev–Trinajstić information content (AvgIpc) is 3.32. The summed E-state index contributed by atoms with van der Waals surface area (Å²) in [4.78, 5) is 0. The molecule has 0 amide bonds. The van der Waals surface area contributed by atoms with Crippen LogP contribution in [-0.4, -0.2) is 16.1 Å². The van der Waals surface area contributed by atoms with Gasteiger partial charge in [0.1, 0.15) is 23.1 Å². The fraction of sp³-hybridized carbons (Fsp3) is 0.333. The van der Waals surface area contributed by atoms with Gasteiger partial charge >= 0.3 is 5.92 Å². The lowest BCUT2D eigenvalue weighted by Gasteiger charge is -2.29. The molecule has 0 unspecified atom stereocenters. The summed E-state index contributed by atoms with van der Waals surface area (Å²) in [5.74, 6) is -11.2. The Morgan fingerprint density at radius 2 is 1.56 bits per heavy atom. The van der Waals surface area contributed by atoms with Crippen LogP contribution in [0.3, 0.4) is 0 Å². The summed E-state index contributed by atoms with van der Waals surface area (Å²) in [5, 5.41) is 20.1. The average molecular weight is 390 g/mol. The molecule has 3 nitrogen and oxygen atoms in total. The van der Waals surface area contributed by atoms with Crippen molar-refractivity contribution in [3.05, 3.63) is 58.7 Å². The van der Waals surface area contributed by atoms with Gasteiger partial charge in [-0.05, 0) is 24.5 Å². The van der Waals surface area contributed by atoms with Crippen molar-refractivity contribution < 1.29 is 41.3 Å². The number of rotatable bonds is 3. The summed E-state index contributed by atoms with van der Waals surface area (Å²) in [6, 6.07) is 3.98. The second-order valence-corrected chi connectivity index (χ2v) is 6.74. The predicted octanol–water partition coefficient (Wildman–Crippen LogP) is 4.51. The zero-order valence-corrected chi connectivity index (χ0v) is 13.4. The highest BCUT2D eigenvalue weighted by atomic mass is 19.3. The smallest absolute Gasteiger partial charge is 0.314 e. The summed E-state index contributed by atoms with van der Waals surface area (Å²) in [7, 11) is 0. The Morgan fingerprint density at radius 1 is 0.963 bits per heavy atom. The maximum Gasteiger partial charge on any atom is 0.314 e. The van der Waals surface area contributed by atoms with E-state index >= 15 is 0 Å². The van der Waals surface area contributed by atoms with Crippen LogP contribution in [0, 0.1) is 11.6 Å². The molecular weight excluding hydrogens is 378 g/mol. The lowest BCUT2D eigenvalue weighted by molar-refractivity contribution is -0.307. The Morgan fingerprint density at radius 3 is 2.07 bits per heavy atom.